The Labute approximate surface area is 172 Å². The maximum atomic E-state index is 13.1. The van der Waals surface area contributed by atoms with Crippen LogP contribution in [0.4, 0.5) is 0 Å². The van der Waals surface area contributed by atoms with E-state index in [1.54, 1.807) is 0 Å². The van der Waals surface area contributed by atoms with Gasteiger partial charge in [-0.3, -0.25) is 4.79 Å². The zero-order valence-electron chi connectivity index (χ0n) is 16.4. The van der Waals surface area contributed by atoms with Crippen molar-refractivity contribution >= 4 is 16.8 Å². The summed E-state index contributed by atoms with van der Waals surface area (Å²) >= 11 is 0. The molecule has 0 bridgehead atoms. The van der Waals surface area contributed by atoms with E-state index in [-0.39, 0.29) is 11.9 Å². The summed E-state index contributed by atoms with van der Waals surface area (Å²) < 4.78 is 7.18. The number of carbonyl (C=O) groups is 1. The van der Waals surface area contributed by atoms with E-state index in [9.17, 15) is 4.79 Å². The molecule has 3 aromatic heterocycles. The van der Waals surface area contributed by atoms with Crippen LogP contribution in [0.2, 0.25) is 0 Å². The molecule has 4 aromatic rings. The van der Waals surface area contributed by atoms with Crippen LogP contribution in [-0.4, -0.2) is 54.0 Å². The molecule has 1 aliphatic heterocycles. The first-order chi connectivity index (χ1) is 14.7. The number of aromatic amines is 1. The molecular weight excluding hydrogens is 382 g/mol. The highest BCUT2D eigenvalue weighted by Gasteiger charge is 2.30. The Bertz CT molecular complexity index is 1220. The molecule has 1 atom stereocenters. The van der Waals surface area contributed by atoms with E-state index < -0.39 is 0 Å². The van der Waals surface area contributed by atoms with Crippen molar-refractivity contribution in [2.24, 2.45) is 0 Å². The molecule has 152 valence electrons. The van der Waals surface area contributed by atoms with E-state index in [0.29, 0.717) is 29.6 Å². The van der Waals surface area contributed by atoms with Gasteiger partial charge >= 0.3 is 0 Å². The molecule has 9 nitrogen and oxygen atoms in total. The number of fused-ring (bicyclic) bond motifs is 1. The Hall–Kier alpha value is -3.49. The molecule has 6 rings (SSSR count). The van der Waals surface area contributed by atoms with Gasteiger partial charge in [0.25, 0.3) is 11.8 Å². The quantitative estimate of drug-likeness (QED) is 0.561. The standard InChI is InChI=1S/C21H21N7O2/c29-21(15-5-6-17-14(10-15)7-8-22-17)27-9-1-2-16(11-27)28-12-18(24-26-28)20-23-19(25-30-20)13-3-4-13/h5-8,10,12-13,16,22H,1-4,9,11H2/t16-/m1/s1. The van der Waals surface area contributed by atoms with Crippen molar-refractivity contribution in [1.82, 2.24) is 35.0 Å². The zero-order chi connectivity index (χ0) is 20.1. The van der Waals surface area contributed by atoms with Crippen LogP contribution in [0.25, 0.3) is 22.5 Å². The highest BCUT2D eigenvalue weighted by molar-refractivity contribution is 5.98. The number of benzene rings is 1. The van der Waals surface area contributed by atoms with Crippen LogP contribution in [0.3, 0.4) is 0 Å². The summed E-state index contributed by atoms with van der Waals surface area (Å²) in [6.07, 6.45) is 7.83. The lowest BCUT2D eigenvalue weighted by molar-refractivity contribution is 0.0672. The SMILES string of the molecule is O=C(c1ccc2[nH]ccc2c1)N1CCC[C@@H](n2cc(-c3nc(C4CC4)no3)nn2)C1. The number of amides is 1. The van der Waals surface area contributed by atoms with Crippen molar-refractivity contribution in [3.8, 4) is 11.6 Å². The maximum Gasteiger partial charge on any atom is 0.280 e. The van der Waals surface area contributed by atoms with Crippen LogP contribution in [-0.2, 0) is 0 Å². The summed E-state index contributed by atoms with van der Waals surface area (Å²) in [7, 11) is 0. The summed E-state index contributed by atoms with van der Waals surface area (Å²) in [5.41, 5.74) is 2.32. The monoisotopic (exact) mass is 403 g/mol. The van der Waals surface area contributed by atoms with Gasteiger partial charge in [-0.1, -0.05) is 10.4 Å². The lowest BCUT2D eigenvalue weighted by Crippen LogP contribution is -2.40. The first kappa shape index (κ1) is 17.4. The second kappa shape index (κ2) is 6.79. The molecule has 30 heavy (non-hydrogen) atoms. The minimum Gasteiger partial charge on any atom is -0.361 e. The number of hydrogen-bond acceptors (Lipinski definition) is 6. The molecule has 1 amide bonds. The summed E-state index contributed by atoms with van der Waals surface area (Å²) in [4.78, 5) is 22.6. The largest absolute Gasteiger partial charge is 0.361 e. The average Bonchev–Trinajstić information content (AvgIpc) is 3.19. The Morgan fingerprint density at radius 2 is 2.13 bits per heavy atom. The topological polar surface area (TPSA) is 106 Å². The molecule has 0 spiro atoms. The van der Waals surface area contributed by atoms with Crippen LogP contribution in [0.1, 0.15) is 53.8 Å². The number of hydrogen-bond donors (Lipinski definition) is 1. The Kier molecular flexibility index (Phi) is 3.93. The fraction of sp³-hybridized carbons (Fsp3) is 0.381. The number of H-pyrrole nitrogens is 1. The second-order valence-corrected chi connectivity index (χ2v) is 8.14. The predicted octanol–water partition coefficient (Wildman–Crippen LogP) is 3.16. The van der Waals surface area contributed by atoms with E-state index in [2.05, 4.69) is 25.4 Å². The average molecular weight is 403 g/mol. The van der Waals surface area contributed by atoms with Gasteiger partial charge in [0.2, 0.25) is 0 Å². The van der Waals surface area contributed by atoms with Gasteiger partial charge in [-0.15, -0.1) is 5.10 Å². The number of nitrogens with one attached hydrogen (secondary N) is 1. The number of rotatable bonds is 4. The van der Waals surface area contributed by atoms with Crippen LogP contribution in [0.5, 0.6) is 0 Å². The van der Waals surface area contributed by atoms with Gasteiger partial charge in [-0.2, -0.15) is 4.98 Å². The molecule has 0 radical (unpaired) electrons. The van der Waals surface area contributed by atoms with Crippen molar-refractivity contribution < 1.29 is 9.32 Å². The van der Waals surface area contributed by atoms with Crippen molar-refractivity contribution in [3.05, 3.63) is 48.0 Å². The third-order valence-corrected chi connectivity index (χ3v) is 5.97. The van der Waals surface area contributed by atoms with E-state index in [4.69, 9.17) is 4.52 Å². The van der Waals surface area contributed by atoms with Gasteiger partial charge < -0.3 is 14.4 Å². The summed E-state index contributed by atoms with van der Waals surface area (Å²) in [6, 6.07) is 7.83. The van der Waals surface area contributed by atoms with Gasteiger partial charge in [-0.05, 0) is 49.9 Å². The van der Waals surface area contributed by atoms with E-state index in [1.165, 1.54) is 0 Å². The highest BCUT2D eigenvalue weighted by Crippen LogP contribution is 2.38. The summed E-state index contributed by atoms with van der Waals surface area (Å²) in [5.74, 6) is 1.65. The smallest absolute Gasteiger partial charge is 0.280 e. The van der Waals surface area contributed by atoms with Gasteiger partial charge in [-0.25, -0.2) is 4.68 Å². The van der Waals surface area contributed by atoms with Crippen molar-refractivity contribution in [1.29, 1.82) is 0 Å². The Morgan fingerprint density at radius 1 is 1.20 bits per heavy atom. The minimum absolute atomic E-state index is 0.0501. The normalized spacial score (nSPS) is 19.5. The number of carbonyl (C=O) groups excluding carboxylic acids is 1. The van der Waals surface area contributed by atoms with Gasteiger partial charge in [0, 0.05) is 41.7 Å². The lowest BCUT2D eigenvalue weighted by Gasteiger charge is -2.32. The summed E-state index contributed by atoms with van der Waals surface area (Å²) in [5, 5.41) is 13.6. The molecule has 1 N–H and O–H groups in total. The maximum absolute atomic E-state index is 13.1. The number of aromatic nitrogens is 6. The number of likely N-dealkylation sites (tertiary alicyclic amines) is 1. The van der Waals surface area contributed by atoms with Gasteiger partial charge in [0.15, 0.2) is 11.5 Å². The van der Waals surface area contributed by atoms with Crippen molar-refractivity contribution in [3.63, 3.8) is 0 Å². The third kappa shape index (κ3) is 3.06. The van der Waals surface area contributed by atoms with E-state index >= 15 is 0 Å². The van der Waals surface area contributed by atoms with E-state index in [0.717, 1.165) is 49.0 Å². The van der Waals surface area contributed by atoms with Gasteiger partial charge in [0.1, 0.15) is 0 Å². The molecule has 2 fully saturated rings. The second-order valence-electron chi connectivity index (χ2n) is 8.14. The molecule has 1 aliphatic carbocycles. The first-order valence-corrected chi connectivity index (χ1v) is 10.4. The van der Waals surface area contributed by atoms with E-state index in [1.807, 2.05) is 46.2 Å². The Morgan fingerprint density at radius 3 is 3.03 bits per heavy atom. The zero-order valence-corrected chi connectivity index (χ0v) is 16.4. The fourth-order valence-electron chi connectivity index (χ4n) is 4.12. The van der Waals surface area contributed by atoms with Crippen LogP contribution >= 0.6 is 0 Å². The molecule has 9 heteroatoms. The minimum atomic E-state index is 0.0501. The van der Waals surface area contributed by atoms with Crippen LogP contribution in [0, 0.1) is 0 Å². The van der Waals surface area contributed by atoms with Gasteiger partial charge in [0.05, 0.1) is 12.2 Å². The van der Waals surface area contributed by atoms with Crippen molar-refractivity contribution in [2.75, 3.05) is 13.1 Å². The molecule has 1 saturated heterocycles. The number of nitrogens with zero attached hydrogens (tertiary/aromatic N) is 6. The predicted molar refractivity (Wildman–Crippen MR) is 108 cm³/mol. The lowest BCUT2D eigenvalue weighted by atomic mass is 10.0. The Balaban J connectivity index is 1.19. The molecule has 1 saturated carbocycles. The first-order valence-electron chi connectivity index (χ1n) is 10.4. The molecule has 0 unspecified atom stereocenters. The van der Waals surface area contributed by atoms with Crippen molar-refractivity contribution in [2.45, 2.75) is 37.6 Å². The fourth-order valence-corrected chi connectivity index (χ4v) is 4.12. The highest BCUT2D eigenvalue weighted by atomic mass is 16.5. The molecule has 1 aromatic carbocycles. The summed E-state index contributed by atoms with van der Waals surface area (Å²) in [6.45, 7) is 1.35. The third-order valence-electron chi connectivity index (χ3n) is 5.97. The van der Waals surface area contributed by atoms with Crippen LogP contribution < -0.4 is 0 Å². The van der Waals surface area contributed by atoms with Crippen LogP contribution in [0.15, 0.2) is 41.2 Å². The number of piperidine rings is 1. The molecule has 4 heterocycles. The molecule has 2 aliphatic rings. The molecular formula is C21H21N7O2.